The third kappa shape index (κ3) is 42.7. The van der Waals surface area contributed by atoms with Crippen molar-refractivity contribution in [1.29, 1.82) is 0 Å². The highest BCUT2D eigenvalue weighted by Gasteiger charge is 2.48. The van der Waals surface area contributed by atoms with Crippen LogP contribution in [0.5, 0.6) is 0 Å². The third-order valence-electron chi connectivity index (χ3n) is 15.3. The normalized spacial score (nSPS) is 18.4. The Morgan fingerprint density at radius 3 is 1.13 bits per heavy atom. The Bertz CT molecular complexity index is 1500. The van der Waals surface area contributed by atoms with Gasteiger partial charge in [0.15, 0.2) is 12.4 Å². The molecule has 5 N–H and O–H groups in total. The van der Waals surface area contributed by atoms with E-state index in [-0.39, 0.29) is 31.7 Å². The maximum atomic E-state index is 13.9. The smallest absolute Gasteiger partial charge is 0.462 e. The van der Waals surface area contributed by atoms with E-state index in [2.05, 4.69) is 37.5 Å². The van der Waals surface area contributed by atoms with Crippen LogP contribution in [-0.2, 0) is 47.2 Å². The van der Waals surface area contributed by atoms with Crippen molar-refractivity contribution in [2.45, 2.75) is 366 Å². The number of hydrogen-bond acceptors (Lipinski definition) is 12. The summed E-state index contributed by atoms with van der Waals surface area (Å²) in [4.78, 5) is 73.2. The molecule has 1 aliphatic heterocycles. The molecule has 0 spiro atoms. The van der Waals surface area contributed by atoms with E-state index in [4.69, 9.17) is 18.9 Å². The Morgan fingerprint density at radius 1 is 0.462 bits per heavy atom. The van der Waals surface area contributed by atoms with Crippen molar-refractivity contribution in [3.8, 4) is 0 Å². The largest absolute Gasteiger partial charge is 0.469 e. The molecule has 0 aliphatic carbocycles. The highest BCUT2D eigenvalue weighted by molar-refractivity contribution is 7.46. The molecule has 3 unspecified atom stereocenters. The molecule has 16 heteroatoms. The molecular weight excluding hydrogens is 1010 g/mol. The van der Waals surface area contributed by atoms with Gasteiger partial charge in [-0.3, -0.25) is 23.7 Å². The molecule has 1 rings (SSSR count). The van der Waals surface area contributed by atoms with E-state index in [0.717, 1.165) is 89.9 Å². The lowest BCUT2D eigenvalue weighted by atomic mass is 9.96. The zero-order valence-electron chi connectivity index (χ0n) is 50.1. The molecule has 0 saturated carbocycles. The summed E-state index contributed by atoms with van der Waals surface area (Å²) in [5, 5.41) is 25.6. The van der Waals surface area contributed by atoms with Gasteiger partial charge in [-0.25, -0.2) is 4.57 Å². The van der Waals surface area contributed by atoms with Crippen LogP contribution in [0.2, 0.25) is 0 Å². The van der Waals surface area contributed by atoms with E-state index in [1.165, 1.54) is 148 Å². The van der Waals surface area contributed by atoms with Crippen LogP contribution in [-0.4, -0.2) is 93.3 Å². The molecule has 0 radical (unpaired) electrons. The zero-order valence-corrected chi connectivity index (χ0v) is 51.0. The monoisotopic (exact) mass is 1130 g/mol. The second-order valence-corrected chi connectivity index (χ2v) is 24.1. The summed E-state index contributed by atoms with van der Waals surface area (Å²) in [5.74, 6) is -2.31. The van der Waals surface area contributed by atoms with Gasteiger partial charge >= 0.3 is 25.7 Å². The van der Waals surface area contributed by atoms with Crippen LogP contribution >= 0.6 is 7.82 Å². The van der Waals surface area contributed by atoms with Crippen molar-refractivity contribution in [3.05, 3.63) is 0 Å². The van der Waals surface area contributed by atoms with Gasteiger partial charge in [-0.2, -0.15) is 0 Å². The summed E-state index contributed by atoms with van der Waals surface area (Å²) in [5.41, 5.74) is 0. The van der Waals surface area contributed by atoms with Gasteiger partial charge in [0, 0.05) is 12.8 Å². The second kappa shape index (κ2) is 50.6. The maximum absolute atomic E-state index is 13.9. The number of hydrogen-bond donors (Lipinski definition) is 5. The standard InChI is InChI=1S/C62H118NO14P/c1-5-9-13-17-21-25-27-31-35-39-43-47-56(65)74-52(45-41-37-33-29-23-19-15-11-7-3)49-55(64)63-59-61(60(68)54(76-62(59)69)51-73-78(70,71)72)77-58(67)50-53(46-42-38-34-30-24-20-16-12-8-4)75-57(66)48-44-40-36-32-28-26-22-18-14-10-6-2/h52-54,59-62,68-69H,5-51H2,1-4H3,(H,63,64)(H2,70,71,72)/t52?,53?,54-,59-,60-,61-,62?/m1/s1. The van der Waals surface area contributed by atoms with Crippen molar-refractivity contribution in [2.24, 2.45) is 0 Å². The summed E-state index contributed by atoms with van der Waals surface area (Å²) < 4.78 is 39.6. The topological polar surface area (TPSA) is 224 Å². The van der Waals surface area contributed by atoms with Crippen LogP contribution in [0, 0.1) is 0 Å². The quantitative estimate of drug-likeness (QED) is 0.0165. The van der Waals surface area contributed by atoms with E-state index in [0.29, 0.717) is 32.1 Å². The number of amides is 1. The Balaban J connectivity index is 3.11. The molecule has 1 saturated heterocycles. The lowest BCUT2D eigenvalue weighted by Gasteiger charge is -2.42. The van der Waals surface area contributed by atoms with Crippen LogP contribution in [0.3, 0.4) is 0 Å². The molecule has 0 aromatic heterocycles. The Morgan fingerprint density at radius 2 is 0.782 bits per heavy atom. The van der Waals surface area contributed by atoms with Crippen LogP contribution in [0.4, 0.5) is 0 Å². The minimum atomic E-state index is -5.05. The number of aliphatic hydroxyl groups is 2. The number of unbranched alkanes of at least 4 members (excludes halogenated alkanes) is 36. The first kappa shape index (κ1) is 73.9. The molecule has 0 bridgehead atoms. The van der Waals surface area contributed by atoms with Gasteiger partial charge in [0.25, 0.3) is 0 Å². The molecule has 1 heterocycles. The van der Waals surface area contributed by atoms with Crippen LogP contribution in [0.1, 0.15) is 323 Å². The van der Waals surface area contributed by atoms with E-state index < -0.39 is 75.1 Å². The molecule has 0 aromatic rings. The van der Waals surface area contributed by atoms with Crippen molar-refractivity contribution in [1.82, 2.24) is 5.32 Å². The van der Waals surface area contributed by atoms with E-state index in [9.17, 15) is 43.7 Å². The van der Waals surface area contributed by atoms with Gasteiger partial charge in [0.05, 0.1) is 19.4 Å². The van der Waals surface area contributed by atoms with Gasteiger partial charge in [0.1, 0.15) is 30.5 Å². The summed E-state index contributed by atoms with van der Waals surface area (Å²) in [7, 11) is -5.05. The van der Waals surface area contributed by atoms with Gasteiger partial charge in [-0.15, -0.1) is 0 Å². The average molecular weight is 1130 g/mol. The number of carbonyl (C=O) groups excluding carboxylic acids is 4. The van der Waals surface area contributed by atoms with Crippen molar-refractivity contribution < 1.29 is 67.2 Å². The Labute approximate surface area is 474 Å². The highest BCUT2D eigenvalue weighted by Crippen LogP contribution is 2.37. The maximum Gasteiger partial charge on any atom is 0.469 e. The highest BCUT2D eigenvalue weighted by atomic mass is 31.2. The molecular formula is C62H118NO14P. The molecule has 78 heavy (non-hydrogen) atoms. The average Bonchev–Trinajstić information content (AvgIpc) is 3.40. The fourth-order valence-corrected chi connectivity index (χ4v) is 10.8. The molecule has 460 valence electrons. The summed E-state index contributed by atoms with van der Waals surface area (Å²) in [6.07, 6.45) is 36.8. The first-order valence-electron chi connectivity index (χ1n) is 32.3. The minimum absolute atomic E-state index is 0.218. The summed E-state index contributed by atoms with van der Waals surface area (Å²) in [6, 6.07) is -1.54. The fraction of sp³-hybridized carbons (Fsp3) is 0.935. The van der Waals surface area contributed by atoms with Gasteiger partial charge in [0.2, 0.25) is 5.91 Å². The predicted molar refractivity (Wildman–Crippen MR) is 312 cm³/mol. The van der Waals surface area contributed by atoms with E-state index >= 15 is 0 Å². The van der Waals surface area contributed by atoms with Gasteiger partial charge in [-0.1, -0.05) is 259 Å². The van der Waals surface area contributed by atoms with E-state index in [1.807, 2.05) is 0 Å². The first-order valence-corrected chi connectivity index (χ1v) is 33.9. The van der Waals surface area contributed by atoms with Crippen molar-refractivity contribution in [3.63, 3.8) is 0 Å². The fourth-order valence-electron chi connectivity index (χ4n) is 10.5. The van der Waals surface area contributed by atoms with Gasteiger partial charge in [-0.05, 0) is 38.5 Å². The number of aliphatic hydroxyl groups excluding tert-OH is 2. The number of nitrogens with one attached hydrogen (secondary N) is 1. The molecule has 1 aliphatic rings. The number of phosphoric acid groups is 1. The molecule has 1 amide bonds. The number of esters is 3. The Kier molecular flexibility index (Phi) is 47.9. The van der Waals surface area contributed by atoms with E-state index in [1.54, 1.807) is 0 Å². The third-order valence-corrected chi connectivity index (χ3v) is 15.8. The number of carbonyl (C=O) groups is 4. The lowest BCUT2D eigenvalue weighted by molar-refractivity contribution is -0.258. The van der Waals surface area contributed by atoms with Gasteiger partial charge < -0.3 is 44.3 Å². The molecule has 15 nitrogen and oxygen atoms in total. The van der Waals surface area contributed by atoms with Crippen LogP contribution < -0.4 is 5.32 Å². The molecule has 7 atom stereocenters. The number of phosphoric ester groups is 1. The summed E-state index contributed by atoms with van der Waals surface area (Å²) >= 11 is 0. The predicted octanol–water partition coefficient (Wildman–Crippen LogP) is 15.4. The van der Waals surface area contributed by atoms with Crippen LogP contribution in [0.25, 0.3) is 0 Å². The number of rotatable bonds is 55. The van der Waals surface area contributed by atoms with Crippen LogP contribution in [0.15, 0.2) is 0 Å². The second-order valence-electron chi connectivity index (χ2n) is 22.8. The first-order chi connectivity index (χ1) is 37.7. The molecule has 0 aromatic carbocycles. The summed E-state index contributed by atoms with van der Waals surface area (Å²) in [6.45, 7) is 7.97. The SMILES string of the molecule is CCCCCCCCCCCCCC(=O)OC(CCCCCCCCCCC)CC(=O)N[C@H]1C(O)O[C@H](COP(=O)(O)O)[C@@H](O)[C@@H]1OC(=O)CC(CCCCCCCCCCC)OC(=O)CCCCCCCCCCCCC. The van der Waals surface area contributed by atoms with Crippen molar-refractivity contribution >= 4 is 31.6 Å². The minimum Gasteiger partial charge on any atom is -0.462 e. The van der Waals surface area contributed by atoms with Crippen molar-refractivity contribution in [2.75, 3.05) is 6.61 Å². The number of ether oxygens (including phenoxy) is 4. The Hall–Kier alpha value is -2.13. The molecule has 1 fully saturated rings. The lowest BCUT2D eigenvalue weighted by Crippen LogP contribution is -2.65. The zero-order chi connectivity index (χ0) is 57.3.